The maximum atomic E-state index is 13.1. The molecule has 1 aliphatic rings. The number of hydrogen-bond donors (Lipinski definition) is 1. The van der Waals surface area contributed by atoms with Crippen molar-refractivity contribution in [1.29, 1.82) is 0 Å². The molecule has 0 bridgehead atoms. The standard InChI is InChI=1S/C28H25F2N5O3/c29-28(30)38-25-7-2-1-6-24(25)26(36)33-22-10-8-19(9-11-22)20-12-14-34(15-13-20)27(37)21-4-3-5-23(16-21)35-18-31-17-32-35/h1-11,16-18,20,28H,12-15H2,(H,33,36). The Morgan fingerprint density at radius 2 is 1.74 bits per heavy atom. The number of para-hydroxylation sites is 1. The number of rotatable bonds is 7. The number of carbonyl (C=O) groups is 2. The molecule has 0 saturated carbocycles. The molecule has 194 valence electrons. The number of likely N-dealkylation sites (tertiary alicyclic amines) is 1. The summed E-state index contributed by atoms with van der Waals surface area (Å²) in [4.78, 5) is 31.5. The molecule has 1 fully saturated rings. The Morgan fingerprint density at radius 3 is 2.45 bits per heavy atom. The third-order valence-corrected chi connectivity index (χ3v) is 6.55. The predicted octanol–water partition coefficient (Wildman–Crippen LogP) is 5.14. The molecule has 8 nitrogen and oxygen atoms in total. The number of alkyl halides is 2. The number of amides is 2. The Morgan fingerprint density at radius 1 is 0.974 bits per heavy atom. The number of aromatic nitrogens is 3. The van der Waals surface area contributed by atoms with Gasteiger partial charge in [-0.05, 0) is 66.8 Å². The smallest absolute Gasteiger partial charge is 0.387 e. The highest BCUT2D eigenvalue weighted by atomic mass is 19.3. The second-order valence-electron chi connectivity index (χ2n) is 8.91. The van der Waals surface area contributed by atoms with Gasteiger partial charge in [0.2, 0.25) is 0 Å². The Hall–Kier alpha value is -4.60. The quantitative estimate of drug-likeness (QED) is 0.367. The largest absolute Gasteiger partial charge is 0.434 e. The molecular formula is C28H25F2N5O3. The van der Waals surface area contributed by atoms with Crippen molar-refractivity contribution in [2.45, 2.75) is 25.4 Å². The molecule has 5 rings (SSSR count). The first-order valence-electron chi connectivity index (χ1n) is 12.2. The molecule has 38 heavy (non-hydrogen) atoms. The molecule has 0 atom stereocenters. The monoisotopic (exact) mass is 517 g/mol. The molecule has 2 amide bonds. The van der Waals surface area contributed by atoms with Gasteiger partial charge in [0.15, 0.2) is 0 Å². The first kappa shape index (κ1) is 25.1. The molecule has 1 aliphatic heterocycles. The minimum absolute atomic E-state index is 0.0143. The van der Waals surface area contributed by atoms with Gasteiger partial charge in [-0.3, -0.25) is 9.59 Å². The van der Waals surface area contributed by atoms with Crippen molar-refractivity contribution in [3.05, 3.63) is 102 Å². The Labute approximate surface area is 217 Å². The van der Waals surface area contributed by atoms with Gasteiger partial charge in [0.05, 0.1) is 11.3 Å². The zero-order valence-corrected chi connectivity index (χ0v) is 20.3. The van der Waals surface area contributed by atoms with E-state index in [2.05, 4.69) is 20.1 Å². The second-order valence-corrected chi connectivity index (χ2v) is 8.91. The Bertz CT molecular complexity index is 1400. The first-order valence-corrected chi connectivity index (χ1v) is 12.2. The fourth-order valence-electron chi connectivity index (χ4n) is 4.61. The van der Waals surface area contributed by atoms with Crippen LogP contribution in [-0.4, -0.2) is 51.2 Å². The molecule has 4 aromatic rings. The van der Waals surface area contributed by atoms with Crippen LogP contribution in [0, 0.1) is 0 Å². The van der Waals surface area contributed by atoms with Gasteiger partial charge >= 0.3 is 6.61 Å². The minimum atomic E-state index is -3.02. The lowest BCUT2D eigenvalue weighted by molar-refractivity contribution is -0.0501. The van der Waals surface area contributed by atoms with Crippen molar-refractivity contribution in [2.75, 3.05) is 18.4 Å². The van der Waals surface area contributed by atoms with Crippen LogP contribution < -0.4 is 10.1 Å². The number of anilines is 1. The summed E-state index contributed by atoms with van der Waals surface area (Å²) >= 11 is 0. The molecule has 3 aromatic carbocycles. The van der Waals surface area contributed by atoms with Gasteiger partial charge in [-0.15, -0.1) is 0 Å². The first-order chi connectivity index (χ1) is 18.5. The normalized spacial score (nSPS) is 13.9. The molecule has 1 N–H and O–H groups in total. The number of benzene rings is 3. The summed E-state index contributed by atoms with van der Waals surface area (Å²) in [6.07, 6.45) is 4.67. The summed E-state index contributed by atoms with van der Waals surface area (Å²) in [5, 5.41) is 6.85. The number of hydrogen-bond acceptors (Lipinski definition) is 5. The molecule has 10 heteroatoms. The van der Waals surface area contributed by atoms with Crippen LogP contribution in [0.2, 0.25) is 0 Å². The lowest BCUT2D eigenvalue weighted by Crippen LogP contribution is -2.37. The van der Waals surface area contributed by atoms with E-state index in [9.17, 15) is 18.4 Å². The van der Waals surface area contributed by atoms with Gasteiger partial charge in [0, 0.05) is 24.3 Å². The molecule has 1 saturated heterocycles. The zero-order chi connectivity index (χ0) is 26.5. The van der Waals surface area contributed by atoms with Gasteiger partial charge in [-0.1, -0.05) is 30.3 Å². The summed E-state index contributed by atoms with van der Waals surface area (Å²) in [7, 11) is 0. The summed E-state index contributed by atoms with van der Waals surface area (Å²) < 4.78 is 31.4. The molecule has 0 radical (unpaired) electrons. The Kier molecular flexibility index (Phi) is 7.39. The molecule has 1 aromatic heterocycles. The van der Waals surface area contributed by atoms with Crippen molar-refractivity contribution in [1.82, 2.24) is 19.7 Å². The van der Waals surface area contributed by atoms with Gasteiger partial charge in [-0.2, -0.15) is 13.9 Å². The summed E-state index contributed by atoms with van der Waals surface area (Å²) in [6, 6.07) is 20.7. The van der Waals surface area contributed by atoms with E-state index in [1.54, 1.807) is 35.3 Å². The van der Waals surface area contributed by atoms with E-state index in [4.69, 9.17) is 0 Å². The predicted molar refractivity (Wildman–Crippen MR) is 137 cm³/mol. The highest BCUT2D eigenvalue weighted by Crippen LogP contribution is 2.30. The van der Waals surface area contributed by atoms with Gasteiger partial charge < -0.3 is 15.0 Å². The summed E-state index contributed by atoms with van der Waals surface area (Å²) in [5.74, 6) is -0.443. The minimum Gasteiger partial charge on any atom is -0.434 e. The molecular weight excluding hydrogens is 492 g/mol. The van der Waals surface area contributed by atoms with Crippen LogP contribution in [0.1, 0.15) is 45.0 Å². The van der Waals surface area contributed by atoms with Crippen LogP contribution in [0.5, 0.6) is 5.75 Å². The van der Waals surface area contributed by atoms with Gasteiger partial charge in [0.25, 0.3) is 11.8 Å². The third kappa shape index (κ3) is 5.69. The van der Waals surface area contributed by atoms with Crippen LogP contribution in [-0.2, 0) is 0 Å². The van der Waals surface area contributed by atoms with E-state index in [0.29, 0.717) is 24.3 Å². The number of nitrogens with one attached hydrogen (secondary N) is 1. The fraction of sp³-hybridized carbons (Fsp3) is 0.214. The van der Waals surface area contributed by atoms with Crippen molar-refractivity contribution in [3.63, 3.8) is 0 Å². The van der Waals surface area contributed by atoms with Crippen molar-refractivity contribution in [3.8, 4) is 11.4 Å². The number of piperidine rings is 1. The summed E-state index contributed by atoms with van der Waals surface area (Å²) in [5.41, 5.74) is 3.08. The van der Waals surface area contributed by atoms with Gasteiger partial charge in [0.1, 0.15) is 18.4 Å². The number of carbonyl (C=O) groups excluding carboxylic acids is 2. The van der Waals surface area contributed by atoms with E-state index in [1.165, 1.54) is 24.5 Å². The van der Waals surface area contributed by atoms with Crippen molar-refractivity contribution in [2.24, 2.45) is 0 Å². The molecule has 0 spiro atoms. The van der Waals surface area contributed by atoms with Crippen LogP contribution in [0.25, 0.3) is 5.69 Å². The van der Waals surface area contributed by atoms with Crippen LogP contribution >= 0.6 is 0 Å². The topological polar surface area (TPSA) is 89.4 Å². The highest BCUT2D eigenvalue weighted by molar-refractivity contribution is 6.06. The van der Waals surface area contributed by atoms with Crippen LogP contribution in [0.4, 0.5) is 14.5 Å². The van der Waals surface area contributed by atoms with E-state index in [-0.39, 0.29) is 23.1 Å². The molecule has 0 aliphatic carbocycles. The lowest BCUT2D eigenvalue weighted by atomic mass is 9.89. The Balaban J connectivity index is 1.18. The summed E-state index contributed by atoms with van der Waals surface area (Å²) in [6.45, 7) is -1.75. The van der Waals surface area contributed by atoms with E-state index >= 15 is 0 Å². The highest BCUT2D eigenvalue weighted by Gasteiger charge is 2.25. The van der Waals surface area contributed by atoms with Crippen molar-refractivity contribution < 1.29 is 23.1 Å². The number of ether oxygens (including phenoxy) is 1. The van der Waals surface area contributed by atoms with Crippen LogP contribution in [0.3, 0.4) is 0 Å². The third-order valence-electron chi connectivity index (χ3n) is 6.55. The maximum absolute atomic E-state index is 13.1. The van der Waals surface area contributed by atoms with Crippen molar-refractivity contribution >= 4 is 17.5 Å². The SMILES string of the molecule is O=C(Nc1ccc(C2CCN(C(=O)c3cccc(-n4cncn4)c3)CC2)cc1)c1ccccc1OC(F)F. The molecule has 2 heterocycles. The van der Waals surface area contributed by atoms with E-state index in [1.807, 2.05) is 35.2 Å². The molecule has 0 unspecified atom stereocenters. The zero-order valence-electron chi connectivity index (χ0n) is 20.3. The lowest BCUT2D eigenvalue weighted by Gasteiger charge is -2.32. The average molecular weight is 518 g/mol. The number of nitrogens with zero attached hydrogens (tertiary/aromatic N) is 4. The maximum Gasteiger partial charge on any atom is 0.387 e. The second kappa shape index (κ2) is 11.2. The van der Waals surface area contributed by atoms with E-state index in [0.717, 1.165) is 24.1 Å². The average Bonchev–Trinajstić information content (AvgIpc) is 3.49. The van der Waals surface area contributed by atoms with Gasteiger partial charge in [-0.25, -0.2) is 9.67 Å². The van der Waals surface area contributed by atoms with Crippen LogP contribution in [0.15, 0.2) is 85.5 Å². The van der Waals surface area contributed by atoms with E-state index < -0.39 is 12.5 Å². The number of halogens is 2. The fourth-order valence-corrected chi connectivity index (χ4v) is 4.61.